The lowest BCUT2D eigenvalue weighted by Gasteiger charge is -2.35. The fraction of sp³-hybridized carbons (Fsp3) is 0.789. The Morgan fingerprint density at radius 1 is 1.17 bits per heavy atom. The van der Waals surface area contributed by atoms with Crippen molar-refractivity contribution >= 4 is 23.9 Å². The molecule has 0 aromatic rings. The third-order valence-electron chi connectivity index (χ3n) is 4.31. The Kier molecular flexibility index (Phi) is 8.87. The van der Waals surface area contributed by atoms with Crippen LogP contribution in [-0.2, 0) is 19.1 Å². The van der Waals surface area contributed by atoms with Crippen molar-refractivity contribution in [1.29, 1.82) is 0 Å². The highest BCUT2D eigenvalue weighted by Crippen LogP contribution is 2.12. The Balaban J connectivity index is 2.68. The SMILES string of the molecule is CC(NC(=O)C(NC(=O)OC(C)(C)C)C(C)C)C(=O)N1CCCC(CC(=O)O)N1. The lowest BCUT2D eigenvalue weighted by molar-refractivity contribution is -0.144. The predicted octanol–water partition coefficient (Wildman–Crippen LogP) is 1.01. The van der Waals surface area contributed by atoms with Gasteiger partial charge in [-0.25, -0.2) is 10.2 Å². The first-order valence-corrected chi connectivity index (χ1v) is 9.89. The summed E-state index contributed by atoms with van der Waals surface area (Å²) in [6.07, 6.45) is 0.539. The van der Waals surface area contributed by atoms with E-state index in [9.17, 15) is 19.2 Å². The number of amides is 3. The average Bonchev–Trinajstić information content (AvgIpc) is 2.56. The number of hydrazine groups is 1. The van der Waals surface area contributed by atoms with Crippen molar-refractivity contribution in [2.75, 3.05) is 6.54 Å². The molecular formula is C19H34N4O6. The van der Waals surface area contributed by atoms with Gasteiger partial charge in [-0.3, -0.25) is 19.4 Å². The lowest BCUT2D eigenvalue weighted by Crippen LogP contribution is -2.60. The van der Waals surface area contributed by atoms with Crippen molar-refractivity contribution in [3.05, 3.63) is 0 Å². The van der Waals surface area contributed by atoms with Gasteiger partial charge in [-0.2, -0.15) is 0 Å². The molecule has 1 rings (SSSR count). The van der Waals surface area contributed by atoms with Gasteiger partial charge in [-0.1, -0.05) is 13.8 Å². The molecule has 0 aliphatic carbocycles. The summed E-state index contributed by atoms with van der Waals surface area (Å²) in [4.78, 5) is 48.2. The minimum Gasteiger partial charge on any atom is -0.481 e. The second-order valence-corrected chi connectivity index (χ2v) is 8.65. The van der Waals surface area contributed by atoms with E-state index in [0.29, 0.717) is 19.4 Å². The molecule has 3 unspecified atom stereocenters. The van der Waals surface area contributed by atoms with E-state index in [-0.39, 0.29) is 24.3 Å². The second-order valence-electron chi connectivity index (χ2n) is 8.65. The Hall–Kier alpha value is -2.36. The summed E-state index contributed by atoms with van der Waals surface area (Å²) in [5.74, 6) is -2.02. The van der Waals surface area contributed by atoms with E-state index < -0.39 is 35.7 Å². The van der Waals surface area contributed by atoms with Gasteiger partial charge in [0.15, 0.2) is 0 Å². The topological polar surface area (TPSA) is 137 Å². The summed E-state index contributed by atoms with van der Waals surface area (Å²) in [6, 6.07) is -2.04. The number of nitrogens with one attached hydrogen (secondary N) is 3. The van der Waals surface area contributed by atoms with Gasteiger partial charge < -0.3 is 20.5 Å². The van der Waals surface area contributed by atoms with E-state index in [1.165, 1.54) is 5.01 Å². The third kappa shape index (κ3) is 8.68. The maximum atomic E-state index is 12.7. The Morgan fingerprint density at radius 3 is 2.31 bits per heavy atom. The molecule has 1 aliphatic heterocycles. The van der Waals surface area contributed by atoms with E-state index in [1.807, 2.05) is 0 Å². The maximum Gasteiger partial charge on any atom is 0.408 e. The van der Waals surface area contributed by atoms with Gasteiger partial charge in [-0.05, 0) is 46.5 Å². The standard InChI is InChI=1S/C19H34N4O6/c1-11(2)15(21-18(28)29-19(4,5)6)16(26)20-12(3)17(27)23-9-7-8-13(22-23)10-14(24)25/h11-13,15,22H,7-10H2,1-6H3,(H,20,26)(H,21,28)(H,24,25). The Morgan fingerprint density at radius 2 is 1.79 bits per heavy atom. The van der Waals surface area contributed by atoms with Crippen molar-refractivity contribution < 1.29 is 29.0 Å². The number of hydrogen-bond acceptors (Lipinski definition) is 6. The molecule has 29 heavy (non-hydrogen) atoms. The molecule has 0 aromatic heterocycles. The van der Waals surface area contributed by atoms with Crippen LogP contribution >= 0.6 is 0 Å². The number of rotatable bonds is 7. The van der Waals surface area contributed by atoms with Crippen molar-refractivity contribution in [2.45, 2.75) is 84.5 Å². The van der Waals surface area contributed by atoms with Crippen molar-refractivity contribution in [1.82, 2.24) is 21.1 Å². The molecule has 1 saturated heterocycles. The molecule has 10 nitrogen and oxygen atoms in total. The molecule has 1 aliphatic rings. The van der Waals surface area contributed by atoms with Crippen LogP contribution in [0.25, 0.3) is 0 Å². The zero-order chi connectivity index (χ0) is 22.4. The Labute approximate surface area is 171 Å². The van der Waals surface area contributed by atoms with Crippen LogP contribution in [0, 0.1) is 5.92 Å². The maximum absolute atomic E-state index is 12.7. The molecule has 0 saturated carbocycles. The second kappa shape index (κ2) is 10.4. The molecule has 3 amide bonds. The van der Waals surface area contributed by atoms with Gasteiger partial charge in [-0.15, -0.1) is 0 Å². The zero-order valence-electron chi connectivity index (χ0n) is 18.1. The average molecular weight is 415 g/mol. The zero-order valence-corrected chi connectivity index (χ0v) is 18.1. The largest absolute Gasteiger partial charge is 0.481 e. The molecular weight excluding hydrogens is 380 g/mol. The molecule has 10 heteroatoms. The predicted molar refractivity (Wildman–Crippen MR) is 106 cm³/mol. The molecule has 166 valence electrons. The minimum atomic E-state index is -0.939. The highest BCUT2D eigenvalue weighted by Gasteiger charge is 2.32. The molecule has 0 aromatic carbocycles. The number of hydrogen-bond donors (Lipinski definition) is 4. The third-order valence-corrected chi connectivity index (χ3v) is 4.31. The van der Waals surface area contributed by atoms with Gasteiger partial charge in [0.05, 0.1) is 6.42 Å². The monoisotopic (exact) mass is 414 g/mol. The fourth-order valence-electron chi connectivity index (χ4n) is 2.95. The van der Waals surface area contributed by atoms with Crippen LogP contribution in [0.15, 0.2) is 0 Å². The van der Waals surface area contributed by atoms with Crippen LogP contribution in [0.4, 0.5) is 4.79 Å². The van der Waals surface area contributed by atoms with Crippen molar-refractivity contribution in [2.24, 2.45) is 5.92 Å². The van der Waals surface area contributed by atoms with Gasteiger partial charge in [0.1, 0.15) is 17.7 Å². The summed E-state index contributed by atoms with van der Waals surface area (Å²) >= 11 is 0. The quantitative estimate of drug-likeness (QED) is 0.488. The summed E-state index contributed by atoms with van der Waals surface area (Å²) in [6.45, 7) is 10.7. The van der Waals surface area contributed by atoms with E-state index in [2.05, 4.69) is 16.1 Å². The molecule has 0 bridgehead atoms. The van der Waals surface area contributed by atoms with Crippen LogP contribution in [0.3, 0.4) is 0 Å². The normalized spacial score (nSPS) is 19.3. The first-order chi connectivity index (χ1) is 13.3. The number of ether oxygens (including phenoxy) is 1. The smallest absolute Gasteiger partial charge is 0.408 e. The van der Waals surface area contributed by atoms with Gasteiger partial charge in [0.25, 0.3) is 5.91 Å². The van der Waals surface area contributed by atoms with E-state index in [0.717, 1.165) is 0 Å². The van der Waals surface area contributed by atoms with E-state index in [1.54, 1.807) is 41.5 Å². The number of carbonyl (C=O) groups excluding carboxylic acids is 3. The van der Waals surface area contributed by atoms with Crippen LogP contribution in [0.5, 0.6) is 0 Å². The van der Waals surface area contributed by atoms with Crippen LogP contribution in [-0.4, -0.2) is 64.3 Å². The number of carboxylic acids is 1. The highest BCUT2D eigenvalue weighted by molar-refractivity contribution is 5.91. The van der Waals surface area contributed by atoms with Crippen molar-refractivity contribution in [3.63, 3.8) is 0 Å². The number of aliphatic carboxylic acids is 1. The number of carbonyl (C=O) groups is 4. The minimum absolute atomic E-state index is 0.0836. The number of nitrogens with zero attached hydrogens (tertiary/aromatic N) is 1. The molecule has 0 spiro atoms. The number of alkyl carbamates (subject to hydrolysis) is 1. The van der Waals surface area contributed by atoms with E-state index in [4.69, 9.17) is 9.84 Å². The van der Waals surface area contributed by atoms with Gasteiger partial charge in [0.2, 0.25) is 5.91 Å². The lowest BCUT2D eigenvalue weighted by atomic mass is 10.0. The van der Waals surface area contributed by atoms with Crippen molar-refractivity contribution in [3.8, 4) is 0 Å². The number of carboxylic acid groups (broad SMARTS) is 1. The van der Waals surface area contributed by atoms with Gasteiger partial charge >= 0.3 is 12.1 Å². The van der Waals surface area contributed by atoms with Crippen LogP contribution < -0.4 is 16.1 Å². The van der Waals surface area contributed by atoms with Crippen LogP contribution in [0.2, 0.25) is 0 Å². The first kappa shape index (κ1) is 24.7. The molecule has 0 radical (unpaired) electrons. The van der Waals surface area contributed by atoms with Gasteiger partial charge in [0, 0.05) is 12.6 Å². The highest BCUT2D eigenvalue weighted by atomic mass is 16.6. The fourth-order valence-corrected chi connectivity index (χ4v) is 2.95. The summed E-state index contributed by atoms with van der Waals surface area (Å²) in [5.41, 5.74) is 2.21. The first-order valence-electron chi connectivity index (χ1n) is 9.89. The molecule has 1 fully saturated rings. The Bertz CT molecular complexity index is 616. The summed E-state index contributed by atoms with van der Waals surface area (Å²) < 4.78 is 5.20. The molecule has 1 heterocycles. The summed E-state index contributed by atoms with van der Waals surface area (Å²) in [7, 11) is 0. The molecule has 3 atom stereocenters. The summed E-state index contributed by atoms with van der Waals surface area (Å²) in [5, 5.41) is 15.5. The molecule has 4 N–H and O–H groups in total. The van der Waals surface area contributed by atoms with Crippen LogP contribution in [0.1, 0.15) is 60.8 Å². The van der Waals surface area contributed by atoms with E-state index >= 15 is 0 Å².